The number of carboxylic acid groups (broad SMARTS) is 1. The summed E-state index contributed by atoms with van der Waals surface area (Å²) in [5.41, 5.74) is 0.927. The summed E-state index contributed by atoms with van der Waals surface area (Å²) in [6, 6.07) is 8.80. The molecule has 6 heteroatoms. The van der Waals surface area contributed by atoms with Gasteiger partial charge in [-0.05, 0) is 12.3 Å². The van der Waals surface area contributed by atoms with Crippen LogP contribution in [0.1, 0.15) is 31.6 Å². The number of aryl methyl sites for hydroxylation is 1. The van der Waals surface area contributed by atoms with Gasteiger partial charge in [-0.15, -0.1) is 0 Å². The predicted octanol–water partition coefficient (Wildman–Crippen LogP) is 2.64. The summed E-state index contributed by atoms with van der Waals surface area (Å²) in [6.45, 7) is 0. The van der Waals surface area contributed by atoms with Gasteiger partial charge in [-0.25, -0.2) is 9.78 Å². The molecule has 0 saturated heterocycles. The third kappa shape index (κ3) is 4.44. The topological polar surface area (TPSA) is 92.4 Å². The largest absolute Gasteiger partial charge is 0.480 e. The third-order valence-electron chi connectivity index (χ3n) is 4.08. The smallest absolute Gasteiger partial charge is 0.326 e. The van der Waals surface area contributed by atoms with Gasteiger partial charge in [0.2, 0.25) is 5.91 Å². The molecule has 2 aromatic rings. The minimum Gasteiger partial charge on any atom is -0.480 e. The number of nitrogens with zero attached hydrogens (tertiary/aromatic N) is 1. The second-order valence-corrected chi connectivity index (χ2v) is 6.12. The Labute approximate surface area is 139 Å². The molecule has 0 spiro atoms. The number of benzene rings is 1. The minimum atomic E-state index is -0.974. The van der Waals surface area contributed by atoms with Crippen LogP contribution in [-0.2, 0) is 16.0 Å². The van der Waals surface area contributed by atoms with Gasteiger partial charge in [-0.1, -0.05) is 43.2 Å². The molecule has 6 nitrogen and oxygen atoms in total. The Morgan fingerprint density at radius 1 is 1.29 bits per heavy atom. The van der Waals surface area contributed by atoms with E-state index in [1.54, 1.807) is 6.20 Å². The number of carbonyl (C=O) groups excluding carboxylic acids is 1. The Kier molecular flexibility index (Phi) is 4.93. The molecule has 0 aliphatic heterocycles. The molecule has 1 amide bonds. The lowest BCUT2D eigenvalue weighted by Gasteiger charge is -2.13. The average molecular weight is 328 g/mol. The van der Waals surface area contributed by atoms with E-state index < -0.39 is 12.0 Å². The number of aromatic nitrogens is 1. The van der Waals surface area contributed by atoms with E-state index in [0.717, 1.165) is 18.4 Å². The summed E-state index contributed by atoms with van der Waals surface area (Å²) in [5.74, 6) is 0.299. The number of carbonyl (C=O) groups is 2. The van der Waals surface area contributed by atoms with Crippen molar-refractivity contribution in [2.75, 3.05) is 0 Å². The van der Waals surface area contributed by atoms with Crippen LogP contribution in [0.2, 0.25) is 0 Å². The molecule has 1 aliphatic rings. The highest BCUT2D eigenvalue weighted by Crippen LogP contribution is 2.33. The number of amides is 1. The SMILES string of the molecule is O=C(CCc1ncc(-c2ccccc2)o1)NC(CC1CC1)C(=O)O. The van der Waals surface area contributed by atoms with Crippen LogP contribution in [0.5, 0.6) is 0 Å². The highest BCUT2D eigenvalue weighted by Gasteiger charge is 2.30. The van der Waals surface area contributed by atoms with Gasteiger partial charge in [0.1, 0.15) is 6.04 Å². The van der Waals surface area contributed by atoms with Crippen LogP contribution in [0.15, 0.2) is 40.9 Å². The number of aliphatic carboxylic acids is 1. The van der Waals surface area contributed by atoms with Gasteiger partial charge in [0.25, 0.3) is 0 Å². The summed E-state index contributed by atoms with van der Waals surface area (Å²) < 4.78 is 5.64. The lowest BCUT2D eigenvalue weighted by atomic mass is 10.1. The van der Waals surface area contributed by atoms with E-state index in [-0.39, 0.29) is 12.3 Å². The minimum absolute atomic E-state index is 0.156. The molecule has 1 atom stereocenters. The van der Waals surface area contributed by atoms with Crippen molar-refractivity contribution in [1.29, 1.82) is 0 Å². The van der Waals surface area contributed by atoms with E-state index >= 15 is 0 Å². The maximum Gasteiger partial charge on any atom is 0.326 e. The van der Waals surface area contributed by atoms with E-state index in [1.807, 2.05) is 30.3 Å². The quantitative estimate of drug-likeness (QED) is 0.777. The number of nitrogens with one attached hydrogen (secondary N) is 1. The lowest BCUT2D eigenvalue weighted by Crippen LogP contribution is -2.41. The van der Waals surface area contributed by atoms with E-state index in [0.29, 0.717) is 30.4 Å². The number of rotatable bonds is 8. The van der Waals surface area contributed by atoms with Crippen LogP contribution in [0, 0.1) is 5.92 Å². The number of oxazole rings is 1. The number of hydrogen-bond donors (Lipinski definition) is 2. The Balaban J connectivity index is 1.50. The number of hydrogen-bond acceptors (Lipinski definition) is 4. The first kappa shape index (κ1) is 16.2. The van der Waals surface area contributed by atoms with Gasteiger partial charge in [-0.2, -0.15) is 0 Å². The van der Waals surface area contributed by atoms with Gasteiger partial charge in [0.05, 0.1) is 6.20 Å². The zero-order chi connectivity index (χ0) is 16.9. The monoisotopic (exact) mass is 328 g/mol. The molecule has 1 aliphatic carbocycles. The van der Waals surface area contributed by atoms with E-state index in [9.17, 15) is 9.59 Å². The Hall–Kier alpha value is -2.63. The zero-order valence-corrected chi connectivity index (χ0v) is 13.3. The van der Waals surface area contributed by atoms with Crippen LogP contribution >= 0.6 is 0 Å². The molecule has 1 aromatic carbocycles. The van der Waals surface area contributed by atoms with Crippen molar-refractivity contribution in [1.82, 2.24) is 10.3 Å². The van der Waals surface area contributed by atoms with Crippen molar-refractivity contribution in [2.45, 2.75) is 38.1 Å². The molecule has 0 radical (unpaired) electrons. The van der Waals surface area contributed by atoms with Crippen molar-refractivity contribution in [2.24, 2.45) is 5.92 Å². The normalized spacial score (nSPS) is 15.0. The number of carboxylic acids is 1. The van der Waals surface area contributed by atoms with Crippen molar-refractivity contribution >= 4 is 11.9 Å². The van der Waals surface area contributed by atoms with Gasteiger partial charge >= 0.3 is 5.97 Å². The van der Waals surface area contributed by atoms with Gasteiger partial charge < -0.3 is 14.8 Å². The van der Waals surface area contributed by atoms with Crippen LogP contribution in [0.3, 0.4) is 0 Å². The Bertz CT molecular complexity index is 707. The molecule has 1 fully saturated rings. The maximum atomic E-state index is 12.0. The van der Waals surface area contributed by atoms with Crippen molar-refractivity contribution in [3.05, 3.63) is 42.4 Å². The third-order valence-corrected chi connectivity index (χ3v) is 4.08. The van der Waals surface area contributed by atoms with Crippen molar-refractivity contribution in [3.63, 3.8) is 0 Å². The second kappa shape index (κ2) is 7.29. The van der Waals surface area contributed by atoms with Crippen LogP contribution < -0.4 is 5.32 Å². The highest BCUT2D eigenvalue weighted by atomic mass is 16.4. The molecule has 126 valence electrons. The summed E-state index contributed by atoms with van der Waals surface area (Å²) in [7, 11) is 0. The van der Waals surface area contributed by atoms with Crippen molar-refractivity contribution < 1.29 is 19.1 Å². The van der Waals surface area contributed by atoms with E-state index in [2.05, 4.69) is 10.3 Å². The van der Waals surface area contributed by atoms with Crippen molar-refractivity contribution in [3.8, 4) is 11.3 Å². The standard InChI is InChI=1S/C18H20N2O4/c21-16(20-14(18(22)23)10-12-6-7-12)8-9-17-19-11-15(24-17)13-4-2-1-3-5-13/h1-5,11-12,14H,6-10H2,(H,20,21)(H,22,23). The molecule has 1 aromatic heterocycles. The first-order valence-electron chi connectivity index (χ1n) is 8.14. The lowest BCUT2D eigenvalue weighted by molar-refractivity contribution is -0.142. The zero-order valence-electron chi connectivity index (χ0n) is 13.3. The summed E-state index contributed by atoms with van der Waals surface area (Å²) in [5, 5.41) is 11.8. The van der Waals surface area contributed by atoms with Crippen LogP contribution in [0.4, 0.5) is 0 Å². The molecule has 1 unspecified atom stereocenters. The predicted molar refractivity (Wildman–Crippen MR) is 87.2 cm³/mol. The molecular formula is C18H20N2O4. The molecule has 1 heterocycles. The summed E-state index contributed by atoms with van der Waals surface area (Å²) in [4.78, 5) is 27.3. The average Bonchev–Trinajstić information content (AvgIpc) is 3.27. The molecule has 2 N–H and O–H groups in total. The molecular weight excluding hydrogens is 308 g/mol. The van der Waals surface area contributed by atoms with Crippen LogP contribution in [0.25, 0.3) is 11.3 Å². The Morgan fingerprint density at radius 2 is 2.04 bits per heavy atom. The molecule has 1 saturated carbocycles. The first-order valence-corrected chi connectivity index (χ1v) is 8.14. The first-order chi connectivity index (χ1) is 11.6. The van der Waals surface area contributed by atoms with Gasteiger partial charge in [0, 0.05) is 18.4 Å². The highest BCUT2D eigenvalue weighted by molar-refractivity contribution is 5.83. The van der Waals surface area contributed by atoms with E-state index in [1.165, 1.54) is 0 Å². The summed E-state index contributed by atoms with van der Waals surface area (Å²) in [6.07, 6.45) is 4.75. The maximum absolute atomic E-state index is 12.0. The second-order valence-electron chi connectivity index (χ2n) is 6.12. The Morgan fingerprint density at radius 3 is 2.71 bits per heavy atom. The van der Waals surface area contributed by atoms with Crippen LogP contribution in [-0.4, -0.2) is 28.0 Å². The van der Waals surface area contributed by atoms with E-state index in [4.69, 9.17) is 9.52 Å². The fraction of sp³-hybridized carbons (Fsp3) is 0.389. The fourth-order valence-electron chi connectivity index (χ4n) is 2.56. The van der Waals surface area contributed by atoms with Gasteiger partial charge in [0.15, 0.2) is 11.7 Å². The molecule has 0 bridgehead atoms. The van der Waals surface area contributed by atoms with Gasteiger partial charge in [-0.3, -0.25) is 4.79 Å². The molecule has 3 rings (SSSR count). The summed E-state index contributed by atoms with van der Waals surface area (Å²) >= 11 is 0. The fourth-order valence-corrected chi connectivity index (χ4v) is 2.56. The molecule has 24 heavy (non-hydrogen) atoms.